The van der Waals surface area contributed by atoms with Crippen LogP contribution in [0.4, 0.5) is 0 Å². The SMILES string of the molecule is CCCCCC/C=C/CCCCCCCCCC(=O)OC/C=C(\C)CCC[C@H](C)CCC[C@H](C)CCCC(C)C. The Morgan fingerprint density at radius 1 is 0.600 bits per heavy atom. The molecule has 0 aliphatic heterocycles. The van der Waals surface area contributed by atoms with Gasteiger partial charge in [0.2, 0.25) is 0 Å². The van der Waals surface area contributed by atoms with Crippen LogP contribution in [0.15, 0.2) is 23.8 Å². The lowest BCUT2D eigenvalue weighted by molar-refractivity contribution is -0.142. The van der Waals surface area contributed by atoms with E-state index in [1.165, 1.54) is 128 Å². The van der Waals surface area contributed by atoms with Gasteiger partial charge in [0.15, 0.2) is 0 Å². The van der Waals surface area contributed by atoms with Gasteiger partial charge in [-0.15, -0.1) is 0 Å². The molecule has 0 N–H and O–H groups in total. The van der Waals surface area contributed by atoms with Gasteiger partial charge in [-0.3, -0.25) is 4.79 Å². The van der Waals surface area contributed by atoms with Crippen LogP contribution in [0.25, 0.3) is 0 Å². The van der Waals surface area contributed by atoms with E-state index in [2.05, 4.69) is 59.8 Å². The van der Waals surface area contributed by atoms with Gasteiger partial charge in [-0.1, -0.05) is 149 Å². The van der Waals surface area contributed by atoms with Crippen LogP contribution >= 0.6 is 0 Å². The van der Waals surface area contributed by atoms with Gasteiger partial charge < -0.3 is 4.74 Å². The normalized spacial score (nSPS) is 13.8. The summed E-state index contributed by atoms with van der Waals surface area (Å²) in [6.45, 7) is 14.4. The minimum Gasteiger partial charge on any atom is -0.461 e. The van der Waals surface area contributed by atoms with Crippen LogP contribution in [-0.4, -0.2) is 12.6 Å². The zero-order chi connectivity index (χ0) is 29.7. The average molecular weight is 561 g/mol. The quantitative estimate of drug-likeness (QED) is 0.0516. The van der Waals surface area contributed by atoms with Crippen molar-refractivity contribution in [2.75, 3.05) is 6.61 Å². The number of hydrogen-bond donors (Lipinski definition) is 0. The summed E-state index contributed by atoms with van der Waals surface area (Å²) in [6.07, 6.45) is 36.0. The molecule has 40 heavy (non-hydrogen) atoms. The van der Waals surface area contributed by atoms with E-state index < -0.39 is 0 Å². The van der Waals surface area contributed by atoms with Crippen molar-refractivity contribution in [2.24, 2.45) is 17.8 Å². The largest absolute Gasteiger partial charge is 0.461 e. The van der Waals surface area contributed by atoms with Gasteiger partial charge >= 0.3 is 5.97 Å². The first-order valence-electron chi connectivity index (χ1n) is 17.8. The lowest BCUT2D eigenvalue weighted by Gasteiger charge is -2.15. The van der Waals surface area contributed by atoms with E-state index in [0.717, 1.165) is 37.0 Å². The number of unbranched alkanes of at least 4 members (excludes halogenated alkanes) is 11. The van der Waals surface area contributed by atoms with E-state index in [4.69, 9.17) is 4.74 Å². The molecule has 0 aromatic carbocycles. The summed E-state index contributed by atoms with van der Waals surface area (Å²) >= 11 is 0. The first-order valence-corrected chi connectivity index (χ1v) is 17.8. The third kappa shape index (κ3) is 29.9. The summed E-state index contributed by atoms with van der Waals surface area (Å²) in [5.41, 5.74) is 1.36. The van der Waals surface area contributed by atoms with Crippen LogP contribution in [0, 0.1) is 17.8 Å². The molecule has 0 aliphatic carbocycles. The first kappa shape index (κ1) is 39.0. The standard InChI is InChI=1S/C38H72O2/c1-7-8-9-10-11-12-13-14-15-16-17-18-19-20-21-31-38(39)40-33-32-37(6)30-24-29-36(5)28-23-27-35(4)26-22-25-34(2)3/h12-13,32,34-36H,7-11,14-31,33H2,1-6H3/b13-12+,37-32+/t35-,36-/m1/s1. The van der Waals surface area contributed by atoms with Crippen LogP contribution in [0.3, 0.4) is 0 Å². The van der Waals surface area contributed by atoms with Crippen molar-refractivity contribution in [2.45, 2.75) is 189 Å². The minimum absolute atomic E-state index is 0.0300. The molecule has 0 bridgehead atoms. The van der Waals surface area contributed by atoms with Gasteiger partial charge in [0.1, 0.15) is 6.61 Å². The molecule has 0 unspecified atom stereocenters. The van der Waals surface area contributed by atoms with Gasteiger partial charge in [0.25, 0.3) is 0 Å². The maximum atomic E-state index is 12.0. The second kappa shape index (κ2) is 29.4. The first-order chi connectivity index (χ1) is 19.3. The summed E-state index contributed by atoms with van der Waals surface area (Å²) in [5, 5.41) is 0. The van der Waals surface area contributed by atoms with Crippen LogP contribution in [0.2, 0.25) is 0 Å². The number of carbonyl (C=O) groups excluding carboxylic acids is 1. The summed E-state index contributed by atoms with van der Waals surface area (Å²) in [7, 11) is 0. The molecule has 0 aliphatic rings. The fourth-order valence-corrected chi connectivity index (χ4v) is 5.50. The van der Waals surface area contributed by atoms with Gasteiger partial charge in [-0.25, -0.2) is 0 Å². The maximum Gasteiger partial charge on any atom is 0.306 e. The summed E-state index contributed by atoms with van der Waals surface area (Å²) in [5.74, 6) is 2.52. The highest BCUT2D eigenvalue weighted by atomic mass is 16.5. The van der Waals surface area contributed by atoms with E-state index in [-0.39, 0.29) is 5.97 Å². The Labute approximate surface area is 252 Å². The highest BCUT2D eigenvalue weighted by molar-refractivity contribution is 5.69. The summed E-state index contributed by atoms with van der Waals surface area (Å²) < 4.78 is 5.45. The minimum atomic E-state index is -0.0300. The Kier molecular flexibility index (Phi) is 28.7. The lowest BCUT2D eigenvalue weighted by Crippen LogP contribution is -2.04. The van der Waals surface area contributed by atoms with Crippen molar-refractivity contribution >= 4 is 5.97 Å². The molecule has 0 radical (unpaired) electrons. The molecule has 0 rings (SSSR count). The topological polar surface area (TPSA) is 26.3 Å². The van der Waals surface area contributed by atoms with E-state index in [0.29, 0.717) is 13.0 Å². The molecule has 0 saturated carbocycles. The van der Waals surface area contributed by atoms with Crippen LogP contribution in [-0.2, 0) is 9.53 Å². The smallest absolute Gasteiger partial charge is 0.306 e. The Morgan fingerprint density at radius 3 is 1.68 bits per heavy atom. The van der Waals surface area contributed by atoms with E-state index >= 15 is 0 Å². The zero-order valence-electron chi connectivity index (χ0n) is 28.3. The molecule has 0 aromatic heterocycles. The molecule has 0 heterocycles. The van der Waals surface area contributed by atoms with Crippen molar-refractivity contribution in [3.63, 3.8) is 0 Å². The molecule has 0 saturated heterocycles. The Hall–Kier alpha value is -1.05. The van der Waals surface area contributed by atoms with Crippen LogP contribution in [0.1, 0.15) is 189 Å². The zero-order valence-corrected chi connectivity index (χ0v) is 28.3. The van der Waals surface area contributed by atoms with Crippen molar-refractivity contribution in [3.05, 3.63) is 23.8 Å². The van der Waals surface area contributed by atoms with Gasteiger partial charge in [0.05, 0.1) is 0 Å². The lowest BCUT2D eigenvalue weighted by atomic mass is 9.91. The van der Waals surface area contributed by atoms with E-state index in [1.54, 1.807) is 0 Å². The molecule has 0 aromatic rings. The van der Waals surface area contributed by atoms with Crippen molar-refractivity contribution in [1.82, 2.24) is 0 Å². The predicted molar refractivity (Wildman–Crippen MR) is 179 cm³/mol. The Morgan fingerprint density at radius 2 is 1.10 bits per heavy atom. The Balaban J connectivity index is 3.56. The molecular formula is C38H72O2. The van der Waals surface area contributed by atoms with Crippen molar-refractivity contribution in [3.8, 4) is 0 Å². The second-order valence-corrected chi connectivity index (χ2v) is 13.4. The summed E-state index contributed by atoms with van der Waals surface area (Å²) in [6, 6.07) is 0. The molecule has 0 fully saturated rings. The monoisotopic (exact) mass is 561 g/mol. The van der Waals surface area contributed by atoms with Gasteiger partial charge in [-0.05, 0) is 75.7 Å². The molecular weight excluding hydrogens is 488 g/mol. The van der Waals surface area contributed by atoms with E-state index in [9.17, 15) is 4.79 Å². The molecule has 2 nitrogen and oxygen atoms in total. The number of allylic oxidation sites excluding steroid dienone is 3. The average Bonchev–Trinajstić information content (AvgIpc) is 2.90. The number of rotatable bonds is 29. The third-order valence-corrected chi connectivity index (χ3v) is 8.46. The van der Waals surface area contributed by atoms with E-state index in [1.807, 2.05) is 0 Å². The molecule has 2 atom stereocenters. The number of esters is 1. The molecule has 0 spiro atoms. The summed E-state index contributed by atoms with van der Waals surface area (Å²) in [4.78, 5) is 12.0. The molecule has 236 valence electrons. The van der Waals surface area contributed by atoms with Crippen molar-refractivity contribution in [1.29, 1.82) is 0 Å². The Bertz CT molecular complexity index is 603. The third-order valence-electron chi connectivity index (χ3n) is 8.46. The highest BCUT2D eigenvalue weighted by Gasteiger charge is 2.07. The van der Waals surface area contributed by atoms with Gasteiger partial charge in [0, 0.05) is 6.42 Å². The molecule has 2 heteroatoms. The fourth-order valence-electron chi connectivity index (χ4n) is 5.50. The predicted octanol–water partition coefficient (Wildman–Crippen LogP) is 13.0. The second-order valence-electron chi connectivity index (χ2n) is 13.4. The van der Waals surface area contributed by atoms with Gasteiger partial charge in [-0.2, -0.15) is 0 Å². The highest BCUT2D eigenvalue weighted by Crippen LogP contribution is 2.22. The number of hydrogen-bond acceptors (Lipinski definition) is 2. The number of ether oxygens (including phenoxy) is 1. The van der Waals surface area contributed by atoms with Crippen LogP contribution in [0.5, 0.6) is 0 Å². The fraction of sp³-hybridized carbons (Fsp3) is 0.868. The molecule has 0 amide bonds. The maximum absolute atomic E-state index is 12.0. The van der Waals surface area contributed by atoms with Crippen molar-refractivity contribution < 1.29 is 9.53 Å². The van der Waals surface area contributed by atoms with Crippen LogP contribution < -0.4 is 0 Å². The number of carbonyl (C=O) groups is 1.